The van der Waals surface area contributed by atoms with E-state index in [4.69, 9.17) is 10.5 Å². The van der Waals surface area contributed by atoms with Gasteiger partial charge in [-0.15, -0.1) is 0 Å². The molecule has 2 aromatic rings. The van der Waals surface area contributed by atoms with Gasteiger partial charge in [-0.2, -0.15) is 0 Å². The molecule has 0 bridgehead atoms. The molecule has 0 aliphatic heterocycles. The number of nitrogens with two attached hydrogens (primary N) is 1. The van der Waals surface area contributed by atoms with Gasteiger partial charge in [-0.25, -0.2) is 14.8 Å². The molecule has 0 radical (unpaired) electrons. The van der Waals surface area contributed by atoms with Crippen molar-refractivity contribution >= 4 is 34.8 Å². The summed E-state index contributed by atoms with van der Waals surface area (Å²) in [5.74, 6) is -1.38. The fourth-order valence-corrected chi connectivity index (χ4v) is 3.52. The zero-order chi connectivity index (χ0) is 24.9. The highest BCUT2D eigenvalue weighted by Gasteiger charge is 2.32. The van der Waals surface area contributed by atoms with Crippen LogP contribution in [0.1, 0.15) is 63.5 Å². The van der Waals surface area contributed by atoms with E-state index < -0.39 is 35.5 Å². The van der Waals surface area contributed by atoms with Gasteiger partial charge in [-0.05, 0) is 45.2 Å². The minimum absolute atomic E-state index is 0.0883. The largest absolute Gasteiger partial charge is 0.442 e. The van der Waals surface area contributed by atoms with Gasteiger partial charge in [0.1, 0.15) is 11.6 Å². The Morgan fingerprint density at radius 2 is 1.94 bits per heavy atom. The molecule has 1 atom stereocenters. The van der Waals surface area contributed by atoms with Gasteiger partial charge in [0.2, 0.25) is 5.91 Å². The third-order valence-corrected chi connectivity index (χ3v) is 5.46. The maximum atomic E-state index is 13.2. The van der Waals surface area contributed by atoms with Gasteiger partial charge in [-0.1, -0.05) is 31.4 Å². The first kappa shape index (κ1) is 25.0. The molecule has 0 saturated heterocycles. The van der Waals surface area contributed by atoms with E-state index in [1.54, 1.807) is 32.9 Å². The summed E-state index contributed by atoms with van der Waals surface area (Å²) in [5, 5.41) is 3.65. The quantitative estimate of drug-likeness (QED) is 0.430. The number of nitrogens with zero attached hydrogens (tertiary/aromatic N) is 2. The Morgan fingerprint density at radius 3 is 2.53 bits per heavy atom. The standard InChI is InChI=1S/C23H32N6O5/c1-23(2,3)34-22(33)29(12-11-18(24)30)28-20(31)17(13-14-7-6-8-14)27-21(32)19-25-15-9-4-5-10-16(15)26-19/h4-5,9-10,14,17H,6-8,11-13H2,1-3H3,(H2,24,30)(H,25,26)(H,27,32)(H,28,31). The predicted molar refractivity (Wildman–Crippen MR) is 124 cm³/mol. The van der Waals surface area contributed by atoms with Crippen LogP contribution in [0.4, 0.5) is 4.79 Å². The lowest BCUT2D eigenvalue weighted by Crippen LogP contribution is -2.56. The van der Waals surface area contributed by atoms with E-state index in [0.29, 0.717) is 17.5 Å². The number of H-pyrrole nitrogens is 1. The summed E-state index contributed by atoms with van der Waals surface area (Å²) in [7, 11) is 0. The summed E-state index contributed by atoms with van der Waals surface area (Å²) in [4.78, 5) is 57.1. The SMILES string of the molecule is CC(C)(C)OC(=O)N(CCC(N)=O)NC(=O)C(CC1CCC1)NC(=O)c1nc2ccccc2[nH]1. The van der Waals surface area contributed by atoms with Crippen molar-refractivity contribution < 1.29 is 23.9 Å². The zero-order valence-corrected chi connectivity index (χ0v) is 19.7. The number of amides is 4. The fourth-order valence-electron chi connectivity index (χ4n) is 3.52. The zero-order valence-electron chi connectivity index (χ0n) is 19.7. The third kappa shape index (κ3) is 6.93. The van der Waals surface area contributed by atoms with E-state index in [9.17, 15) is 19.2 Å². The summed E-state index contributed by atoms with van der Waals surface area (Å²) < 4.78 is 5.33. The summed E-state index contributed by atoms with van der Waals surface area (Å²) >= 11 is 0. The second-order valence-corrected chi connectivity index (χ2v) is 9.49. The van der Waals surface area contributed by atoms with Crippen LogP contribution in [0.5, 0.6) is 0 Å². The van der Waals surface area contributed by atoms with Crippen molar-refractivity contribution in [3.05, 3.63) is 30.1 Å². The monoisotopic (exact) mass is 472 g/mol. The van der Waals surface area contributed by atoms with Crippen molar-refractivity contribution in [3.8, 4) is 0 Å². The maximum Gasteiger partial charge on any atom is 0.429 e. The number of carbonyl (C=O) groups excluding carboxylic acids is 4. The Hall–Kier alpha value is -3.63. The first-order valence-electron chi connectivity index (χ1n) is 11.4. The average Bonchev–Trinajstić information content (AvgIpc) is 3.15. The van der Waals surface area contributed by atoms with Crippen LogP contribution in [0.15, 0.2) is 24.3 Å². The van der Waals surface area contributed by atoms with Crippen LogP contribution in [0.3, 0.4) is 0 Å². The van der Waals surface area contributed by atoms with Crippen LogP contribution in [0.25, 0.3) is 11.0 Å². The molecule has 0 spiro atoms. The first-order valence-corrected chi connectivity index (χ1v) is 11.4. The Bertz CT molecular complexity index is 1020. The van der Waals surface area contributed by atoms with E-state index in [0.717, 1.165) is 24.3 Å². The lowest BCUT2D eigenvalue weighted by atomic mass is 9.80. The highest BCUT2D eigenvalue weighted by Crippen LogP contribution is 2.30. The van der Waals surface area contributed by atoms with Crippen molar-refractivity contribution in [1.29, 1.82) is 0 Å². The molecule has 5 N–H and O–H groups in total. The van der Waals surface area contributed by atoms with Gasteiger partial charge >= 0.3 is 6.09 Å². The molecule has 11 nitrogen and oxygen atoms in total. The first-order chi connectivity index (χ1) is 16.0. The second kappa shape index (κ2) is 10.5. The van der Waals surface area contributed by atoms with Crippen LogP contribution in [0.2, 0.25) is 0 Å². The van der Waals surface area contributed by atoms with E-state index in [2.05, 4.69) is 20.7 Å². The Balaban J connectivity index is 1.74. The van der Waals surface area contributed by atoms with Crippen molar-refractivity contribution in [2.75, 3.05) is 6.54 Å². The number of para-hydroxylation sites is 2. The normalized spacial score (nSPS) is 14.7. The molecule has 1 saturated carbocycles. The van der Waals surface area contributed by atoms with Crippen molar-refractivity contribution in [2.24, 2.45) is 11.7 Å². The summed E-state index contributed by atoms with van der Waals surface area (Å²) in [6, 6.07) is 6.30. The van der Waals surface area contributed by atoms with Crippen molar-refractivity contribution in [3.63, 3.8) is 0 Å². The van der Waals surface area contributed by atoms with Crippen LogP contribution in [0, 0.1) is 5.92 Å². The molecule has 1 aromatic carbocycles. The number of hydrazine groups is 1. The number of nitrogens with one attached hydrogen (secondary N) is 3. The molecule has 1 aromatic heterocycles. The maximum absolute atomic E-state index is 13.2. The number of imidazole rings is 1. The van der Waals surface area contributed by atoms with Crippen LogP contribution < -0.4 is 16.5 Å². The average molecular weight is 473 g/mol. The number of aromatic nitrogens is 2. The second-order valence-electron chi connectivity index (χ2n) is 9.49. The molecular weight excluding hydrogens is 440 g/mol. The summed E-state index contributed by atoms with van der Waals surface area (Å²) in [6.07, 6.45) is 2.41. The number of primary amides is 1. The molecule has 1 aliphatic carbocycles. The summed E-state index contributed by atoms with van der Waals surface area (Å²) in [6.45, 7) is 4.90. The highest BCUT2D eigenvalue weighted by atomic mass is 16.6. The molecule has 1 fully saturated rings. The lowest BCUT2D eigenvalue weighted by molar-refractivity contribution is -0.129. The number of aromatic amines is 1. The third-order valence-electron chi connectivity index (χ3n) is 5.46. The van der Waals surface area contributed by atoms with E-state index in [-0.39, 0.29) is 24.7 Å². The number of hydrogen-bond acceptors (Lipinski definition) is 6. The lowest BCUT2D eigenvalue weighted by Gasteiger charge is -2.32. The molecule has 34 heavy (non-hydrogen) atoms. The molecule has 184 valence electrons. The minimum atomic E-state index is -0.912. The van der Waals surface area contributed by atoms with Gasteiger partial charge in [0.05, 0.1) is 17.6 Å². The van der Waals surface area contributed by atoms with Crippen molar-refractivity contribution in [2.45, 2.75) is 64.5 Å². The number of benzene rings is 1. The number of ether oxygens (including phenoxy) is 1. The van der Waals surface area contributed by atoms with E-state index in [1.165, 1.54) is 0 Å². The molecule has 11 heteroatoms. The minimum Gasteiger partial charge on any atom is -0.442 e. The predicted octanol–water partition coefficient (Wildman–Crippen LogP) is 2.00. The molecule has 1 unspecified atom stereocenters. The molecule has 1 heterocycles. The van der Waals surface area contributed by atoms with Crippen molar-refractivity contribution in [1.82, 2.24) is 25.7 Å². The highest BCUT2D eigenvalue weighted by molar-refractivity contribution is 5.97. The molecule has 3 rings (SSSR count). The Kier molecular flexibility index (Phi) is 7.75. The van der Waals surface area contributed by atoms with Gasteiger partial charge in [0, 0.05) is 6.42 Å². The van der Waals surface area contributed by atoms with Crippen LogP contribution in [-0.2, 0) is 14.3 Å². The van der Waals surface area contributed by atoms with Gasteiger partial charge < -0.3 is 20.8 Å². The molecule has 4 amide bonds. The fraction of sp³-hybridized carbons (Fsp3) is 0.522. The van der Waals surface area contributed by atoms with E-state index in [1.807, 2.05) is 12.1 Å². The topological polar surface area (TPSA) is 160 Å². The van der Waals surface area contributed by atoms with Crippen LogP contribution >= 0.6 is 0 Å². The molecular formula is C23H32N6O5. The Labute approximate surface area is 197 Å². The molecule has 1 aliphatic rings. The Morgan fingerprint density at radius 1 is 1.24 bits per heavy atom. The smallest absolute Gasteiger partial charge is 0.429 e. The number of rotatable bonds is 8. The van der Waals surface area contributed by atoms with E-state index >= 15 is 0 Å². The number of carbonyl (C=O) groups is 4. The van der Waals surface area contributed by atoms with Crippen LogP contribution in [-0.4, -0.2) is 57.0 Å². The summed E-state index contributed by atoms with van der Waals surface area (Å²) in [5.41, 5.74) is 8.24. The number of hydrogen-bond donors (Lipinski definition) is 4. The number of fused-ring (bicyclic) bond motifs is 1. The van der Waals surface area contributed by atoms with Gasteiger partial charge in [0.25, 0.3) is 11.8 Å². The van der Waals surface area contributed by atoms with Gasteiger partial charge in [-0.3, -0.25) is 19.8 Å². The van der Waals surface area contributed by atoms with Gasteiger partial charge in [0.15, 0.2) is 5.82 Å².